The van der Waals surface area contributed by atoms with Crippen LogP contribution in [0.5, 0.6) is 0 Å². The molecule has 0 aliphatic carbocycles. The zero-order valence-corrected chi connectivity index (χ0v) is 19.9. The van der Waals surface area contributed by atoms with Crippen LogP contribution in [-0.2, 0) is 24.1 Å². The van der Waals surface area contributed by atoms with E-state index in [2.05, 4.69) is 20.1 Å². The van der Waals surface area contributed by atoms with Gasteiger partial charge in [-0.15, -0.1) is 0 Å². The number of H-pyrrole nitrogens is 1. The van der Waals surface area contributed by atoms with Gasteiger partial charge in [-0.2, -0.15) is 23.3 Å². The van der Waals surface area contributed by atoms with Gasteiger partial charge in [0.05, 0.1) is 23.9 Å². The van der Waals surface area contributed by atoms with Crippen molar-refractivity contribution in [3.05, 3.63) is 58.1 Å². The minimum absolute atomic E-state index is 0.112. The summed E-state index contributed by atoms with van der Waals surface area (Å²) in [5.41, 5.74) is 0.211. The van der Waals surface area contributed by atoms with E-state index in [0.717, 1.165) is 12.1 Å². The summed E-state index contributed by atoms with van der Waals surface area (Å²) in [7, 11) is 0. The van der Waals surface area contributed by atoms with Crippen molar-refractivity contribution >= 4 is 23.1 Å². The van der Waals surface area contributed by atoms with E-state index in [4.69, 9.17) is 0 Å². The van der Waals surface area contributed by atoms with Crippen molar-refractivity contribution in [2.75, 3.05) is 11.4 Å². The van der Waals surface area contributed by atoms with Crippen LogP contribution in [0.3, 0.4) is 0 Å². The third-order valence-electron chi connectivity index (χ3n) is 6.34. The Morgan fingerprint density at radius 2 is 2.08 bits per heavy atom. The van der Waals surface area contributed by atoms with Gasteiger partial charge in [-0.05, 0) is 37.0 Å². The maximum absolute atomic E-state index is 13.3. The third kappa shape index (κ3) is 4.68. The van der Waals surface area contributed by atoms with E-state index in [1.165, 1.54) is 21.5 Å². The van der Waals surface area contributed by atoms with E-state index in [-0.39, 0.29) is 29.2 Å². The van der Waals surface area contributed by atoms with Crippen LogP contribution >= 0.6 is 0 Å². The molecule has 0 saturated carbocycles. The number of hydrogen-bond acceptors (Lipinski definition) is 6. The smallest absolute Gasteiger partial charge is 0.416 e. The van der Waals surface area contributed by atoms with Crippen LogP contribution in [-0.4, -0.2) is 53.0 Å². The number of carbonyl (C=O) groups is 1. The van der Waals surface area contributed by atoms with Gasteiger partial charge in [-0.25, -0.2) is 9.78 Å². The number of hydrogen-bond donors (Lipinski definition) is 2. The fourth-order valence-corrected chi connectivity index (χ4v) is 4.62. The second kappa shape index (κ2) is 9.37. The van der Waals surface area contributed by atoms with Crippen LogP contribution in [0.1, 0.15) is 37.3 Å². The minimum atomic E-state index is -4.43. The van der Waals surface area contributed by atoms with Crippen molar-refractivity contribution in [3.8, 4) is 11.4 Å². The number of fused-ring (bicyclic) bond motifs is 1. The normalized spacial score (nSPS) is 16.1. The van der Waals surface area contributed by atoms with Crippen LogP contribution in [0.25, 0.3) is 22.6 Å². The van der Waals surface area contributed by atoms with Gasteiger partial charge in [0, 0.05) is 19.3 Å². The van der Waals surface area contributed by atoms with Gasteiger partial charge < -0.3 is 15.0 Å². The topological polar surface area (TPSA) is 122 Å². The molecule has 13 heteroatoms. The Labute approximate surface area is 208 Å². The van der Waals surface area contributed by atoms with Crippen LogP contribution in [0, 0.1) is 0 Å². The first-order valence-corrected chi connectivity index (χ1v) is 11.8. The fourth-order valence-electron chi connectivity index (χ4n) is 4.62. The Morgan fingerprint density at radius 3 is 2.81 bits per heavy atom. The summed E-state index contributed by atoms with van der Waals surface area (Å²) in [6.07, 6.45) is 0.465. The second-order valence-electron chi connectivity index (χ2n) is 8.97. The molecule has 10 nitrogen and oxygen atoms in total. The first-order chi connectivity index (χ1) is 17.7. The predicted octanol–water partition coefficient (Wildman–Crippen LogP) is 3.51. The number of aromatic nitrogens is 6. The standard InChI is InChI=1S/C24H24F3N7O3/c1-2-8-34-21(35)18-20(31-23(34)33-9-4-7-17(33)22(36)37)30-19(29-18)15-11-28-32(13-15)12-14-5-3-6-16(10-14)24(25,26)27/h3,5-6,10-11,13,17H,2,4,7-9,12H2,1H3,(H,29,30)(H,36,37)/t17-/m0/s1. The number of imidazole rings is 1. The maximum atomic E-state index is 13.3. The highest BCUT2D eigenvalue weighted by Crippen LogP contribution is 2.30. The molecular formula is C24H24F3N7O3. The van der Waals surface area contributed by atoms with Crippen molar-refractivity contribution in [2.45, 2.75) is 51.5 Å². The molecule has 0 bridgehead atoms. The monoisotopic (exact) mass is 515 g/mol. The lowest BCUT2D eigenvalue weighted by atomic mass is 10.1. The maximum Gasteiger partial charge on any atom is 0.416 e. The number of aliphatic carboxylic acids is 1. The SMILES string of the molecule is CCCn1c(N2CCC[C@H]2C(=O)O)nc2nc(-c3cnn(Cc4cccc(C(F)(F)F)c4)c3)[nH]c2c1=O. The molecule has 0 amide bonds. The van der Waals surface area contributed by atoms with Gasteiger partial charge in [-0.3, -0.25) is 14.0 Å². The lowest BCUT2D eigenvalue weighted by Gasteiger charge is -2.25. The molecule has 3 aromatic heterocycles. The van der Waals surface area contributed by atoms with Crippen molar-refractivity contribution in [1.29, 1.82) is 0 Å². The third-order valence-corrected chi connectivity index (χ3v) is 6.34. The van der Waals surface area contributed by atoms with Gasteiger partial charge in [0.15, 0.2) is 11.2 Å². The average molecular weight is 515 g/mol. The van der Waals surface area contributed by atoms with Crippen molar-refractivity contribution in [3.63, 3.8) is 0 Å². The van der Waals surface area contributed by atoms with E-state index in [1.807, 2.05) is 6.92 Å². The molecule has 0 spiro atoms. The molecule has 0 unspecified atom stereocenters. The van der Waals surface area contributed by atoms with E-state index in [9.17, 15) is 27.9 Å². The van der Waals surface area contributed by atoms with Gasteiger partial charge in [0.2, 0.25) is 5.95 Å². The molecule has 4 aromatic rings. The number of carboxylic acid groups (broad SMARTS) is 1. The second-order valence-corrected chi connectivity index (χ2v) is 8.97. The Kier molecular flexibility index (Phi) is 6.21. The minimum Gasteiger partial charge on any atom is -0.480 e. The molecule has 4 heterocycles. The van der Waals surface area contributed by atoms with Crippen molar-refractivity contribution < 1.29 is 23.1 Å². The number of nitrogens with zero attached hydrogens (tertiary/aromatic N) is 6. The Balaban J connectivity index is 1.49. The van der Waals surface area contributed by atoms with Crippen LogP contribution in [0.2, 0.25) is 0 Å². The molecule has 0 radical (unpaired) electrons. The first kappa shape index (κ1) is 24.5. The molecule has 1 aromatic carbocycles. The molecular weight excluding hydrogens is 491 g/mol. The van der Waals surface area contributed by atoms with Gasteiger partial charge in [0.25, 0.3) is 5.56 Å². The number of carboxylic acids is 1. The molecule has 194 valence electrons. The van der Waals surface area contributed by atoms with E-state index < -0.39 is 23.8 Å². The van der Waals surface area contributed by atoms with Crippen LogP contribution in [0.15, 0.2) is 41.5 Å². The number of anilines is 1. The fraction of sp³-hybridized carbons (Fsp3) is 0.375. The number of nitrogens with one attached hydrogen (secondary N) is 1. The lowest BCUT2D eigenvalue weighted by Crippen LogP contribution is -2.40. The summed E-state index contributed by atoms with van der Waals surface area (Å²) in [4.78, 5) is 38.8. The highest BCUT2D eigenvalue weighted by atomic mass is 19.4. The van der Waals surface area contributed by atoms with E-state index >= 15 is 0 Å². The zero-order valence-electron chi connectivity index (χ0n) is 19.9. The van der Waals surface area contributed by atoms with Crippen LogP contribution in [0.4, 0.5) is 19.1 Å². The van der Waals surface area contributed by atoms with Gasteiger partial charge in [0.1, 0.15) is 11.9 Å². The summed E-state index contributed by atoms with van der Waals surface area (Å²) in [6.45, 7) is 2.86. The number of rotatable bonds is 7. The quantitative estimate of drug-likeness (QED) is 0.386. The first-order valence-electron chi connectivity index (χ1n) is 11.8. The van der Waals surface area contributed by atoms with Crippen molar-refractivity contribution in [1.82, 2.24) is 29.3 Å². The van der Waals surface area contributed by atoms with E-state index in [0.29, 0.717) is 49.3 Å². The molecule has 1 fully saturated rings. The molecule has 1 atom stereocenters. The van der Waals surface area contributed by atoms with Crippen LogP contribution < -0.4 is 10.5 Å². The molecule has 1 saturated heterocycles. The predicted molar refractivity (Wildman–Crippen MR) is 128 cm³/mol. The molecule has 2 N–H and O–H groups in total. The highest BCUT2D eigenvalue weighted by molar-refractivity contribution is 5.80. The summed E-state index contributed by atoms with van der Waals surface area (Å²) >= 11 is 0. The summed E-state index contributed by atoms with van der Waals surface area (Å²) in [5, 5.41) is 13.8. The molecule has 5 rings (SSSR count). The summed E-state index contributed by atoms with van der Waals surface area (Å²) < 4.78 is 42.0. The summed E-state index contributed by atoms with van der Waals surface area (Å²) in [5.74, 6) is -0.361. The van der Waals surface area contributed by atoms with Gasteiger partial charge in [-0.1, -0.05) is 19.1 Å². The molecule has 37 heavy (non-hydrogen) atoms. The van der Waals surface area contributed by atoms with Crippen molar-refractivity contribution in [2.24, 2.45) is 0 Å². The highest BCUT2D eigenvalue weighted by Gasteiger charge is 2.34. The van der Waals surface area contributed by atoms with Gasteiger partial charge >= 0.3 is 12.1 Å². The van der Waals surface area contributed by atoms with E-state index in [1.54, 1.807) is 17.2 Å². The average Bonchev–Trinajstić information content (AvgIpc) is 3.60. The molecule has 1 aliphatic rings. The summed E-state index contributed by atoms with van der Waals surface area (Å²) in [6, 6.07) is 4.26. The lowest BCUT2D eigenvalue weighted by molar-refractivity contribution is -0.138. The Morgan fingerprint density at radius 1 is 1.27 bits per heavy atom. The Bertz CT molecular complexity index is 1520. The Hall–Kier alpha value is -4.16. The largest absolute Gasteiger partial charge is 0.480 e. The number of benzene rings is 1. The number of alkyl halides is 3. The number of aromatic amines is 1. The zero-order chi connectivity index (χ0) is 26.3. The molecule has 1 aliphatic heterocycles. The number of halogens is 3.